The highest BCUT2D eigenvalue weighted by atomic mass is 16.3. The molecule has 3 aliphatic rings. The zero-order valence-corrected chi connectivity index (χ0v) is 14.9. The summed E-state index contributed by atoms with van der Waals surface area (Å²) in [5, 5.41) is 17.5. The number of unbranched alkanes of at least 4 members (excludes halogenated alkanes) is 1. The van der Waals surface area contributed by atoms with Gasteiger partial charge in [-0.1, -0.05) is 33.6 Å². The molecule has 0 spiro atoms. The summed E-state index contributed by atoms with van der Waals surface area (Å²) in [6.07, 6.45) is 10.2. The maximum atomic E-state index is 10.9. The number of aliphatic hydroxyl groups is 1. The van der Waals surface area contributed by atoms with Gasteiger partial charge in [0.1, 0.15) is 0 Å². The smallest absolute Gasteiger partial charge is 0.0935 e. The Bertz CT molecular complexity index is 370. The maximum Gasteiger partial charge on any atom is 0.0935 e. The lowest BCUT2D eigenvalue weighted by molar-refractivity contribution is -0.752. The minimum atomic E-state index is -0.119. The summed E-state index contributed by atoms with van der Waals surface area (Å²) in [5.74, 6) is 1.24. The molecule has 0 bridgehead atoms. The third-order valence-electron chi connectivity index (χ3n) is 6.64. The average Bonchev–Trinajstić information content (AvgIpc) is 2.45. The summed E-state index contributed by atoms with van der Waals surface area (Å²) < 4.78 is 0. The van der Waals surface area contributed by atoms with Gasteiger partial charge in [-0.05, 0) is 44.1 Å². The van der Waals surface area contributed by atoms with Gasteiger partial charge >= 0.3 is 0 Å². The molecule has 128 valence electrons. The van der Waals surface area contributed by atoms with Crippen molar-refractivity contribution in [1.82, 2.24) is 5.32 Å². The fourth-order valence-corrected chi connectivity index (χ4v) is 5.76. The van der Waals surface area contributed by atoms with Crippen molar-refractivity contribution in [3.8, 4) is 0 Å². The van der Waals surface area contributed by atoms with Crippen molar-refractivity contribution in [2.24, 2.45) is 17.3 Å². The lowest BCUT2D eigenvalue weighted by Gasteiger charge is -2.53. The van der Waals surface area contributed by atoms with Gasteiger partial charge < -0.3 is 15.7 Å². The first-order chi connectivity index (χ1) is 10.5. The first-order valence-electron chi connectivity index (χ1n) is 9.78. The van der Waals surface area contributed by atoms with E-state index < -0.39 is 0 Å². The number of quaternary nitrogens is 1. The van der Waals surface area contributed by atoms with Crippen molar-refractivity contribution in [2.45, 2.75) is 96.4 Å². The number of aliphatic hydroxyl groups excluding tert-OH is 1. The highest BCUT2D eigenvalue weighted by Crippen LogP contribution is 2.43. The van der Waals surface area contributed by atoms with E-state index in [1.54, 1.807) is 0 Å². The molecule has 3 nitrogen and oxygen atoms in total. The average molecular weight is 310 g/mol. The Morgan fingerprint density at radius 1 is 1.14 bits per heavy atom. The van der Waals surface area contributed by atoms with Crippen molar-refractivity contribution in [1.29, 1.82) is 0 Å². The van der Waals surface area contributed by atoms with E-state index in [2.05, 4.69) is 31.4 Å². The first-order valence-corrected chi connectivity index (χ1v) is 9.78. The van der Waals surface area contributed by atoms with Gasteiger partial charge in [-0.15, -0.1) is 0 Å². The molecular weight excluding hydrogens is 272 g/mol. The van der Waals surface area contributed by atoms with Gasteiger partial charge in [0, 0.05) is 18.4 Å². The van der Waals surface area contributed by atoms with Gasteiger partial charge in [0.25, 0.3) is 0 Å². The number of nitrogens with two attached hydrogens (primary N) is 1. The van der Waals surface area contributed by atoms with Crippen LogP contribution < -0.4 is 10.6 Å². The maximum absolute atomic E-state index is 10.9. The monoisotopic (exact) mass is 309 g/mol. The van der Waals surface area contributed by atoms with Crippen LogP contribution in [0.15, 0.2) is 0 Å². The Labute approximate surface area is 136 Å². The van der Waals surface area contributed by atoms with E-state index in [0.29, 0.717) is 23.4 Å². The fraction of sp³-hybridized carbons (Fsp3) is 1.00. The Morgan fingerprint density at radius 2 is 1.91 bits per heavy atom. The van der Waals surface area contributed by atoms with Gasteiger partial charge in [0.15, 0.2) is 0 Å². The molecule has 0 aromatic rings. The lowest BCUT2D eigenvalue weighted by atomic mass is 9.60. The molecule has 3 fully saturated rings. The molecule has 0 aromatic carbocycles. The van der Waals surface area contributed by atoms with E-state index in [9.17, 15) is 5.11 Å². The van der Waals surface area contributed by atoms with Crippen LogP contribution in [0.3, 0.4) is 0 Å². The van der Waals surface area contributed by atoms with Crippen LogP contribution >= 0.6 is 0 Å². The van der Waals surface area contributed by atoms with Gasteiger partial charge in [-0.25, -0.2) is 0 Å². The standard InChI is InChI=1S/C19H36N2O/c1-4-5-10-20-18-13-8-6-7-9-14(13)21-15-11-19(2,3)12-16(22)17(15)18/h13-18,20-22H,4-12H2,1-3H3/p+1/t13?,14?,15?,16-,17?,18?/m1/s1. The van der Waals surface area contributed by atoms with Gasteiger partial charge in [-0.3, -0.25) is 0 Å². The van der Waals surface area contributed by atoms with E-state index >= 15 is 0 Å². The summed E-state index contributed by atoms with van der Waals surface area (Å²) in [5.41, 5.74) is 0.298. The number of rotatable bonds is 4. The second-order valence-electron chi connectivity index (χ2n) is 9.02. The van der Waals surface area contributed by atoms with Crippen LogP contribution in [0.5, 0.6) is 0 Å². The number of hydrogen-bond acceptors (Lipinski definition) is 2. The molecule has 0 aromatic heterocycles. The molecule has 1 saturated heterocycles. The SMILES string of the molecule is CCCCNC1C2CCCCC2[NH2+]C2CC(C)(C)C[C@@H](O)C21. The Hall–Kier alpha value is -0.120. The van der Waals surface area contributed by atoms with Gasteiger partial charge in [-0.2, -0.15) is 0 Å². The Morgan fingerprint density at radius 3 is 2.68 bits per heavy atom. The van der Waals surface area contributed by atoms with Crippen molar-refractivity contribution in [2.75, 3.05) is 6.54 Å². The molecule has 2 aliphatic carbocycles. The van der Waals surface area contributed by atoms with Crippen molar-refractivity contribution in [3.05, 3.63) is 0 Å². The fourth-order valence-electron chi connectivity index (χ4n) is 5.76. The van der Waals surface area contributed by atoms with E-state index in [4.69, 9.17) is 0 Å². The largest absolute Gasteiger partial charge is 0.393 e. The summed E-state index contributed by atoms with van der Waals surface area (Å²) in [4.78, 5) is 0. The molecule has 0 radical (unpaired) electrons. The van der Waals surface area contributed by atoms with Crippen LogP contribution in [0.4, 0.5) is 0 Å². The zero-order valence-electron chi connectivity index (χ0n) is 14.9. The van der Waals surface area contributed by atoms with Gasteiger partial charge in [0.2, 0.25) is 0 Å². The molecule has 3 rings (SSSR count). The molecule has 22 heavy (non-hydrogen) atoms. The quantitative estimate of drug-likeness (QED) is 0.696. The molecule has 4 N–H and O–H groups in total. The molecule has 0 amide bonds. The molecule has 6 atom stereocenters. The van der Waals surface area contributed by atoms with Crippen molar-refractivity contribution >= 4 is 0 Å². The molecular formula is C19H37N2O+. The second-order valence-corrected chi connectivity index (χ2v) is 9.02. The van der Waals surface area contributed by atoms with Crippen LogP contribution in [0, 0.1) is 17.3 Å². The highest BCUT2D eigenvalue weighted by Gasteiger charge is 2.54. The van der Waals surface area contributed by atoms with Crippen molar-refractivity contribution in [3.63, 3.8) is 0 Å². The minimum absolute atomic E-state index is 0.119. The Kier molecular flexibility index (Phi) is 5.16. The highest BCUT2D eigenvalue weighted by molar-refractivity contribution is 5.02. The lowest BCUT2D eigenvalue weighted by Crippen LogP contribution is -3.03. The third kappa shape index (κ3) is 3.37. The van der Waals surface area contributed by atoms with Crippen LogP contribution in [-0.2, 0) is 0 Å². The second kappa shape index (κ2) is 6.78. The van der Waals surface area contributed by atoms with E-state index in [1.165, 1.54) is 44.9 Å². The number of nitrogens with one attached hydrogen (secondary N) is 1. The van der Waals surface area contributed by atoms with Crippen LogP contribution in [0.25, 0.3) is 0 Å². The molecule has 1 aliphatic heterocycles. The molecule has 5 unspecified atom stereocenters. The third-order valence-corrected chi connectivity index (χ3v) is 6.64. The van der Waals surface area contributed by atoms with E-state index in [1.807, 2.05) is 0 Å². The minimum Gasteiger partial charge on any atom is -0.393 e. The predicted octanol–water partition coefficient (Wildman–Crippen LogP) is 2.05. The van der Waals surface area contributed by atoms with E-state index in [0.717, 1.165) is 24.9 Å². The Balaban J connectivity index is 1.78. The van der Waals surface area contributed by atoms with Crippen LogP contribution in [0.1, 0.15) is 72.1 Å². The predicted molar refractivity (Wildman–Crippen MR) is 90.7 cm³/mol. The topological polar surface area (TPSA) is 48.9 Å². The van der Waals surface area contributed by atoms with E-state index in [-0.39, 0.29) is 6.10 Å². The molecule has 2 saturated carbocycles. The number of hydrogen-bond donors (Lipinski definition) is 3. The van der Waals surface area contributed by atoms with Crippen LogP contribution in [-0.4, -0.2) is 35.9 Å². The number of piperidine rings is 1. The van der Waals surface area contributed by atoms with Crippen LogP contribution in [0.2, 0.25) is 0 Å². The number of fused-ring (bicyclic) bond motifs is 2. The summed E-state index contributed by atoms with van der Waals surface area (Å²) in [6.45, 7) is 8.07. The molecule has 1 heterocycles. The summed E-state index contributed by atoms with van der Waals surface area (Å²) in [7, 11) is 0. The summed E-state index contributed by atoms with van der Waals surface area (Å²) >= 11 is 0. The van der Waals surface area contributed by atoms with Gasteiger partial charge in [0.05, 0.1) is 24.1 Å². The normalized spacial score (nSPS) is 44.2. The zero-order chi connectivity index (χ0) is 15.7. The van der Waals surface area contributed by atoms with Crippen molar-refractivity contribution < 1.29 is 10.4 Å². The molecule has 3 heteroatoms. The summed E-state index contributed by atoms with van der Waals surface area (Å²) in [6, 6.07) is 1.98. The first kappa shape index (κ1) is 16.7.